The molecule has 0 radical (unpaired) electrons. The van der Waals surface area contributed by atoms with Gasteiger partial charge in [-0.2, -0.15) is 11.8 Å². The molecule has 1 amide bonds. The van der Waals surface area contributed by atoms with Crippen LogP contribution in [0.15, 0.2) is 18.3 Å². The Hall–Kier alpha value is -1.27. The number of hydrogen-bond acceptors (Lipinski definition) is 5. The average Bonchev–Trinajstić information content (AvgIpc) is 2.94. The number of anilines is 1. The average molecular weight is 281 g/mol. The van der Waals surface area contributed by atoms with Gasteiger partial charge in [0.15, 0.2) is 0 Å². The van der Waals surface area contributed by atoms with Crippen LogP contribution in [0, 0.1) is 0 Å². The number of aromatic nitrogens is 1. The number of pyridine rings is 1. The molecule has 2 heterocycles. The van der Waals surface area contributed by atoms with Crippen molar-refractivity contribution in [3.05, 3.63) is 24.0 Å². The predicted octanol–water partition coefficient (Wildman–Crippen LogP) is 1.26. The Labute approximate surface area is 117 Å². The van der Waals surface area contributed by atoms with Gasteiger partial charge in [-0.25, -0.2) is 4.98 Å². The van der Waals surface area contributed by atoms with Gasteiger partial charge in [0.25, 0.3) is 5.91 Å². The summed E-state index contributed by atoms with van der Waals surface area (Å²) >= 11 is 1.88. The number of hydrogen-bond donors (Lipinski definition) is 1. The summed E-state index contributed by atoms with van der Waals surface area (Å²) in [6, 6.07) is 3.67. The Bertz CT molecular complexity index is 418. The van der Waals surface area contributed by atoms with E-state index in [0.717, 1.165) is 17.9 Å². The maximum atomic E-state index is 12.5. The van der Waals surface area contributed by atoms with Crippen molar-refractivity contribution in [2.24, 2.45) is 0 Å². The molecule has 0 aliphatic carbocycles. The summed E-state index contributed by atoms with van der Waals surface area (Å²) in [6.45, 7) is 1.15. The van der Waals surface area contributed by atoms with Crippen LogP contribution in [0.1, 0.15) is 16.9 Å². The lowest BCUT2D eigenvalue weighted by molar-refractivity contribution is 0.0619. The maximum Gasteiger partial charge on any atom is 0.272 e. The molecule has 1 aromatic heterocycles. The number of nitrogens with zero attached hydrogens (tertiary/aromatic N) is 2. The number of rotatable bonds is 5. The second-order valence-electron chi connectivity index (χ2n) is 4.49. The van der Waals surface area contributed by atoms with Crippen LogP contribution in [0.5, 0.6) is 0 Å². The molecule has 19 heavy (non-hydrogen) atoms. The summed E-state index contributed by atoms with van der Waals surface area (Å²) in [7, 11) is 1.65. The van der Waals surface area contributed by atoms with Gasteiger partial charge >= 0.3 is 0 Å². The van der Waals surface area contributed by atoms with E-state index in [2.05, 4.69) is 4.98 Å². The minimum absolute atomic E-state index is 0.0375. The molecule has 0 spiro atoms. The number of amides is 1. The van der Waals surface area contributed by atoms with E-state index in [1.807, 2.05) is 16.7 Å². The lowest BCUT2D eigenvalue weighted by atomic mass is 10.2. The summed E-state index contributed by atoms with van der Waals surface area (Å²) in [4.78, 5) is 18.5. The normalized spacial score (nSPS) is 18.5. The Balaban J connectivity index is 2.11. The second-order valence-corrected chi connectivity index (χ2v) is 5.64. The van der Waals surface area contributed by atoms with Crippen molar-refractivity contribution in [1.29, 1.82) is 0 Å². The molecule has 104 valence electrons. The van der Waals surface area contributed by atoms with Crippen LogP contribution < -0.4 is 5.73 Å². The summed E-state index contributed by atoms with van der Waals surface area (Å²) in [5, 5.41) is 0. The van der Waals surface area contributed by atoms with Crippen molar-refractivity contribution in [1.82, 2.24) is 9.88 Å². The topological polar surface area (TPSA) is 68.5 Å². The van der Waals surface area contributed by atoms with E-state index in [0.29, 0.717) is 24.5 Å². The summed E-state index contributed by atoms with van der Waals surface area (Å²) < 4.78 is 5.10. The molecular formula is C13H19N3O2S. The van der Waals surface area contributed by atoms with Crippen LogP contribution in [-0.4, -0.2) is 53.6 Å². The highest BCUT2D eigenvalue weighted by molar-refractivity contribution is 7.99. The molecule has 1 aliphatic rings. The largest absolute Gasteiger partial charge is 0.397 e. The van der Waals surface area contributed by atoms with Gasteiger partial charge in [0, 0.05) is 25.4 Å². The van der Waals surface area contributed by atoms with Crippen LogP contribution in [-0.2, 0) is 4.74 Å². The Morgan fingerprint density at radius 3 is 3.05 bits per heavy atom. The molecule has 2 N–H and O–H groups in total. The van der Waals surface area contributed by atoms with Crippen LogP contribution in [0.2, 0.25) is 0 Å². The molecule has 0 saturated carbocycles. The Morgan fingerprint density at radius 1 is 1.63 bits per heavy atom. The SMILES string of the molecule is COCCN(C(=O)c1ccc(N)cn1)C1CCSC1. The molecule has 1 unspecified atom stereocenters. The second kappa shape index (κ2) is 6.77. The monoisotopic (exact) mass is 281 g/mol. The third kappa shape index (κ3) is 3.61. The number of thioether (sulfide) groups is 1. The third-order valence-electron chi connectivity index (χ3n) is 3.15. The molecular weight excluding hydrogens is 262 g/mol. The Kier molecular flexibility index (Phi) is 5.04. The Morgan fingerprint density at radius 2 is 2.47 bits per heavy atom. The number of carbonyl (C=O) groups excluding carboxylic acids is 1. The molecule has 6 heteroatoms. The minimum Gasteiger partial charge on any atom is -0.397 e. The zero-order valence-electron chi connectivity index (χ0n) is 11.0. The van der Waals surface area contributed by atoms with Crippen molar-refractivity contribution in [3.63, 3.8) is 0 Å². The van der Waals surface area contributed by atoms with Gasteiger partial charge in [-0.1, -0.05) is 0 Å². The van der Waals surface area contributed by atoms with Gasteiger partial charge in [-0.15, -0.1) is 0 Å². The molecule has 1 aliphatic heterocycles. The van der Waals surface area contributed by atoms with Crippen LogP contribution in [0.3, 0.4) is 0 Å². The number of methoxy groups -OCH3 is 1. The first kappa shape index (κ1) is 14.1. The van der Waals surface area contributed by atoms with Gasteiger partial charge in [-0.3, -0.25) is 4.79 Å². The van der Waals surface area contributed by atoms with E-state index in [1.165, 1.54) is 6.20 Å². The summed E-state index contributed by atoms with van der Waals surface area (Å²) in [5.41, 5.74) is 6.61. The van der Waals surface area contributed by atoms with Crippen LogP contribution >= 0.6 is 11.8 Å². The quantitative estimate of drug-likeness (QED) is 0.880. The van der Waals surface area contributed by atoms with Crippen LogP contribution in [0.4, 0.5) is 5.69 Å². The fourth-order valence-corrected chi connectivity index (χ4v) is 3.31. The summed E-state index contributed by atoms with van der Waals surface area (Å²) in [5.74, 6) is 2.06. The first-order valence-electron chi connectivity index (χ1n) is 6.31. The van der Waals surface area contributed by atoms with Crippen molar-refractivity contribution in [2.75, 3.05) is 37.5 Å². The zero-order valence-corrected chi connectivity index (χ0v) is 11.9. The molecule has 1 aromatic rings. The molecule has 1 saturated heterocycles. The van der Waals surface area contributed by atoms with Gasteiger partial charge in [-0.05, 0) is 24.3 Å². The number of carbonyl (C=O) groups is 1. The highest BCUT2D eigenvalue weighted by Gasteiger charge is 2.28. The third-order valence-corrected chi connectivity index (χ3v) is 4.29. The van der Waals surface area contributed by atoms with E-state index in [9.17, 15) is 4.79 Å². The first-order chi connectivity index (χ1) is 9.22. The van der Waals surface area contributed by atoms with Crippen molar-refractivity contribution in [2.45, 2.75) is 12.5 Å². The molecule has 1 fully saturated rings. The summed E-state index contributed by atoms with van der Waals surface area (Å²) in [6.07, 6.45) is 2.56. The highest BCUT2D eigenvalue weighted by atomic mass is 32.2. The van der Waals surface area contributed by atoms with Crippen LogP contribution in [0.25, 0.3) is 0 Å². The molecule has 5 nitrogen and oxygen atoms in total. The lowest BCUT2D eigenvalue weighted by Crippen LogP contribution is -2.42. The van der Waals surface area contributed by atoms with Crippen molar-refractivity contribution < 1.29 is 9.53 Å². The van der Waals surface area contributed by atoms with Gasteiger partial charge in [0.05, 0.1) is 18.5 Å². The number of nitrogen functional groups attached to an aromatic ring is 1. The van der Waals surface area contributed by atoms with Crippen molar-refractivity contribution in [3.8, 4) is 0 Å². The van der Waals surface area contributed by atoms with E-state index in [-0.39, 0.29) is 11.9 Å². The smallest absolute Gasteiger partial charge is 0.272 e. The van der Waals surface area contributed by atoms with E-state index < -0.39 is 0 Å². The van der Waals surface area contributed by atoms with Gasteiger partial charge in [0.2, 0.25) is 0 Å². The fraction of sp³-hybridized carbons (Fsp3) is 0.538. The molecule has 0 bridgehead atoms. The fourth-order valence-electron chi connectivity index (χ4n) is 2.09. The van der Waals surface area contributed by atoms with E-state index in [1.54, 1.807) is 19.2 Å². The number of nitrogens with two attached hydrogens (primary N) is 1. The van der Waals surface area contributed by atoms with E-state index in [4.69, 9.17) is 10.5 Å². The van der Waals surface area contributed by atoms with Gasteiger partial charge in [0.1, 0.15) is 5.69 Å². The lowest BCUT2D eigenvalue weighted by Gasteiger charge is -2.28. The van der Waals surface area contributed by atoms with Gasteiger partial charge < -0.3 is 15.4 Å². The standard InChI is InChI=1S/C13H19N3O2S/c1-18-6-5-16(11-4-7-19-9-11)13(17)12-3-2-10(14)8-15-12/h2-3,8,11H,4-7,9,14H2,1H3. The molecule has 0 aromatic carbocycles. The zero-order chi connectivity index (χ0) is 13.7. The molecule has 1 atom stereocenters. The first-order valence-corrected chi connectivity index (χ1v) is 7.47. The van der Waals surface area contributed by atoms with Crippen molar-refractivity contribution >= 4 is 23.4 Å². The predicted molar refractivity (Wildman–Crippen MR) is 77.3 cm³/mol. The minimum atomic E-state index is -0.0375. The molecule has 2 rings (SSSR count). The maximum absolute atomic E-state index is 12.5. The highest BCUT2D eigenvalue weighted by Crippen LogP contribution is 2.23. The number of ether oxygens (including phenoxy) is 1. The van der Waals surface area contributed by atoms with E-state index >= 15 is 0 Å².